The van der Waals surface area contributed by atoms with Crippen LogP contribution >= 0.6 is 0 Å². The van der Waals surface area contributed by atoms with Crippen molar-refractivity contribution >= 4 is 5.69 Å². The number of nitriles is 1. The molecule has 1 aromatic rings. The molecule has 0 radical (unpaired) electrons. The van der Waals surface area contributed by atoms with Gasteiger partial charge >= 0.3 is 0 Å². The first-order valence-electron chi connectivity index (χ1n) is 4.98. The zero-order valence-electron chi connectivity index (χ0n) is 8.67. The molecule has 0 spiro atoms. The molecule has 1 saturated heterocycles. The lowest BCUT2D eigenvalue weighted by molar-refractivity contribution is 0.617. The summed E-state index contributed by atoms with van der Waals surface area (Å²) in [5.41, 5.74) is 4.39. The number of nitrogens with zero attached hydrogens (tertiary/aromatic N) is 2. The second-order valence-corrected chi connectivity index (χ2v) is 3.91. The standard InChI is InChI=1S/C12H14N2/c1-9-6-11(8-13)12(7-10(9)2)14-4-3-5-14/h6-7H,3-5H2,1-2H3. The van der Waals surface area contributed by atoms with Crippen LogP contribution in [-0.2, 0) is 0 Å². The summed E-state index contributed by atoms with van der Waals surface area (Å²) in [7, 11) is 0. The Morgan fingerprint density at radius 2 is 1.86 bits per heavy atom. The fourth-order valence-electron chi connectivity index (χ4n) is 1.71. The molecule has 0 bridgehead atoms. The highest BCUT2D eigenvalue weighted by Crippen LogP contribution is 2.27. The normalized spacial score (nSPS) is 14.8. The van der Waals surface area contributed by atoms with Crippen molar-refractivity contribution in [3.63, 3.8) is 0 Å². The van der Waals surface area contributed by atoms with E-state index in [0.29, 0.717) is 0 Å². The molecule has 0 unspecified atom stereocenters. The number of benzene rings is 1. The smallest absolute Gasteiger partial charge is 0.101 e. The van der Waals surface area contributed by atoms with E-state index in [1.807, 2.05) is 6.07 Å². The lowest BCUT2D eigenvalue weighted by Gasteiger charge is -2.34. The van der Waals surface area contributed by atoms with Gasteiger partial charge in [0.1, 0.15) is 6.07 Å². The Morgan fingerprint density at radius 1 is 1.21 bits per heavy atom. The fraction of sp³-hybridized carbons (Fsp3) is 0.417. The highest BCUT2D eigenvalue weighted by Gasteiger charge is 2.18. The molecule has 1 aliphatic heterocycles. The average molecular weight is 186 g/mol. The lowest BCUT2D eigenvalue weighted by atomic mass is 10.0. The van der Waals surface area contributed by atoms with Crippen molar-refractivity contribution < 1.29 is 0 Å². The van der Waals surface area contributed by atoms with Crippen molar-refractivity contribution in [1.82, 2.24) is 0 Å². The highest BCUT2D eigenvalue weighted by molar-refractivity contribution is 5.63. The minimum atomic E-state index is 0.813. The Bertz CT molecular complexity index is 398. The van der Waals surface area contributed by atoms with Crippen molar-refractivity contribution in [2.45, 2.75) is 20.3 Å². The number of hydrogen-bond donors (Lipinski definition) is 0. The van der Waals surface area contributed by atoms with Gasteiger partial charge in [-0.3, -0.25) is 0 Å². The minimum Gasteiger partial charge on any atom is -0.370 e. The van der Waals surface area contributed by atoms with Gasteiger partial charge in [0.25, 0.3) is 0 Å². The molecule has 2 rings (SSSR count). The van der Waals surface area contributed by atoms with Gasteiger partial charge in [0.05, 0.1) is 11.3 Å². The molecule has 0 N–H and O–H groups in total. The molecule has 0 aromatic heterocycles. The Labute approximate surface area is 84.8 Å². The van der Waals surface area contributed by atoms with E-state index in [4.69, 9.17) is 5.26 Å². The predicted octanol–water partition coefficient (Wildman–Crippen LogP) is 2.39. The van der Waals surface area contributed by atoms with Gasteiger partial charge in [-0.05, 0) is 43.5 Å². The van der Waals surface area contributed by atoms with Gasteiger partial charge in [-0.1, -0.05) is 0 Å². The van der Waals surface area contributed by atoms with Gasteiger partial charge in [0.15, 0.2) is 0 Å². The van der Waals surface area contributed by atoms with Crippen LogP contribution in [0.15, 0.2) is 12.1 Å². The molecule has 0 atom stereocenters. The summed E-state index contributed by atoms with van der Waals surface area (Å²) in [5, 5.41) is 9.03. The molecule has 0 amide bonds. The largest absolute Gasteiger partial charge is 0.370 e. The maximum absolute atomic E-state index is 9.03. The zero-order valence-corrected chi connectivity index (χ0v) is 8.67. The van der Waals surface area contributed by atoms with E-state index >= 15 is 0 Å². The van der Waals surface area contributed by atoms with E-state index in [1.165, 1.54) is 17.5 Å². The van der Waals surface area contributed by atoms with Gasteiger partial charge in [-0.2, -0.15) is 5.26 Å². The summed E-state index contributed by atoms with van der Waals surface area (Å²) >= 11 is 0. The van der Waals surface area contributed by atoms with Gasteiger partial charge in [0.2, 0.25) is 0 Å². The van der Waals surface area contributed by atoms with Crippen molar-refractivity contribution in [3.05, 3.63) is 28.8 Å². The van der Waals surface area contributed by atoms with Gasteiger partial charge in [-0.25, -0.2) is 0 Å². The summed E-state index contributed by atoms with van der Waals surface area (Å²) in [4.78, 5) is 2.27. The van der Waals surface area contributed by atoms with Crippen LogP contribution in [0.3, 0.4) is 0 Å². The number of hydrogen-bond acceptors (Lipinski definition) is 2. The van der Waals surface area contributed by atoms with Crippen molar-refractivity contribution in [2.24, 2.45) is 0 Å². The van der Waals surface area contributed by atoms with E-state index in [9.17, 15) is 0 Å². The van der Waals surface area contributed by atoms with Crippen LogP contribution in [0.1, 0.15) is 23.1 Å². The van der Waals surface area contributed by atoms with Crippen LogP contribution in [-0.4, -0.2) is 13.1 Å². The van der Waals surface area contributed by atoms with Crippen molar-refractivity contribution in [1.29, 1.82) is 5.26 Å². The first-order valence-corrected chi connectivity index (χ1v) is 4.98. The Hall–Kier alpha value is -1.49. The van der Waals surface area contributed by atoms with Crippen molar-refractivity contribution in [2.75, 3.05) is 18.0 Å². The van der Waals surface area contributed by atoms with Gasteiger partial charge in [-0.15, -0.1) is 0 Å². The van der Waals surface area contributed by atoms with Crippen LogP contribution in [0.2, 0.25) is 0 Å². The summed E-state index contributed by atoms with van der Waals surface area (Å²) in [6.07, 6.45) is 1.25. The molecule has 0 saturated carbocycles. The minimum absolute atomic E-state index is 0.813. The second-order valence-electron chi connectivity index (χ2n) is 3.91. The molecule has 14 heavy (non-hydrogen) atoms. The molecule has 72 valence electrons. The Balaban J connectivity index is 2.47. The first-order chi connectivity index (χ1) is 6.72. The quantitative estimate of drug-likeness (QED) is 0.673. The Kier molecular flexibility index (Phi) is 2.17. The monoisotopic (exact) mass is 186 g/mol. The highest BCUT2D eigenvalue weighted by atomic mass is 15.2. The maximum Gasteiger partial charge on any atom is 0.101 e. The fourth-order valence-corrected chi connectivity index (χ4v) is 1.71. The molecular formula is C12H14N2. The average Bonchev–Trinajstić information content (AvgIpc) is 2.08. The number of aryl methyl sites for hydroxylation is 2. The molecule has 1 aliphatic rings. The summed E-state index contributed by atoms with van der Waals surface area (Å²) in [6, 6.07) is 6.39. The predicted molar refractivity (Wildman–Crippen MR) is 57.5 cm³/mol. The molecule has 1 fully saturated rings. The third-order valence-electron chi connectivity index (χ3n) is 2.93. The van der Waals surface area contributed by atoms with E-state index in [2.05, 4.69) is 30.9 Å². The lowest BCUT2D eigenvalue weighted by Crippen LogP contribution is -2.37. The van der Waals surface area contributed by atoms with E-state index in [1.54, 1.807) is 0 Å². The molecular weight excluding hydrogens is 172 g/mol. The van der Waals surface area contributed by atoms with Crippen molar-refractivity contribution in [3.8, 4) is 6.07 Å². The van der Waals surface area contributed by atoms with Crippen LogP contribution in [0.4, 0.5) is 5.69 Å². The molecule has 1 aromatic carbocycles. The third-order valence-corrected chi connectivity index (χ3v) is 2.93. The van der Waals surface area contributed by atoms with Gasteiger partial charge < -0.3 is 4.90 Å². The van der Waals surface area contributed by atoms with Gasteiger partial charge in [0, 0.05) is 13.1 Å². The van der Waals surface area contributed by atoms with E-state index < -0.39 is 0 Å². The van der Waals surface area contributed by atoms with Crippen LogP contribution in [0, 0.1) is 25.2 Å². The zero-order chi connectivity index (χ0) is 10.1. The molecule has 2 nitrogen and oxygen atoms in total. The maximum atomic E-state index is 9.03. The van der Waals surface area contributed by atoms with E-state index in [-0.39, 0.29) is 0 Å². The summed E-state index contributed by atoms with van der Waals surface area (Å²) < 4.78 is 0. The molecule has 0 aliphatic carbocycles. The van der Waals surface area contributed by atoms with Crippen LogP contribution in [0.25, 0.3) is 0 Å². The second kappa shape index (κ2) is 3.34. The Morgan fingerprint density at radius 3 is 2.36 bits per heavy atom. The van der Waals surface area contributed by atoms with Crippen LogP contribution in [0.5, 0.6) is 0 Å². The number of rotatable bonds is 1. The SMILES string of the molecule is Cc1cc(C#N)c(N2CCC2)cc1C. The third kappa shape index (κ3) is 1.35. The van der Waals surface area contributed by atoms with E-state index in [0.717, 1.165) is 24.3 Å². The number of anilines is 1. The topological polar surface area (TPSA) is 27.0 Å². The molecule has 1 heterocycles. The summed E-state index contributed by atoms with van der Waals surface area (Å²) in [6.45, 7) is 6.34. The first kappa shape index (κ1) is 9.08. The van der Waals surface area contributed by atoms with Crippen LogP contribution < -0.4 is 4.90 Å². The molecule has 2 heteroatoms. The summed E-state index contributed by atoms with van der Waals surface area (Å²) in [5.74, 6) is 0.